The van der Waals surface area contributed by atoms with Crippen molar-refractivity contribution in [3.05, 3.63) is 89.5 Å². The predicted molar refractivity (Wildman–Crippen MR) is 499 cm³/mol. The summed E-state index contributed by atoms with van der Waals surface area (Å²) in [6, 6.07) is 3.61. The van der Waals surface area contributed by atoms with Crippen molar-refractivity contribution in [2.75, 3.05) is 57.2 Å². The molecule has 59 heteroatoms. The monoisotopic (exact) mass is 2180 g/mol. The molecule has 14 atom stereocenters. The van der Waals surface area contributed by atoms with Gasteiger partial charge in [-0.3, -0.25) is 87.6 Å². The van der Waals surface area contributed by atoms with Crippen molar-refractivity contribution in [2.24, 2.45) is 23.7 Å². The lowest BCUT2D eigenvalue weighted by Crippen LogP contribution is -2.69. The highest BCUT2D eigenvalue weighted by molar-refractivity contribution is 7.98. The van der Waals surface area contributed by atoms with Gasteiger partial charge in [-0.05, 0) is 148 Å². The number of hydrazine groups is 1. The van der Waals surface area contributed by atoms with Crippen LogP contribution in [-0.4, -0.2) is 273 Å². The molecule has 150 heavy (non-hydrogen) atoms. The molecule has 0 saturated heterocycles. The van der Waals surface area contributed by atoms with Crippen molar-refractivity contribution >= 4 is 136 Å². The quantitative estimate of drug-likeness (QED) is 0.0238. The largest absolute Gasteiger partial charge is 0.542 e. The number of carboxylic acid groups (broad SMARTS) is 4. The number of aromatic hydroxyl groups is 1. The molecule has 3 aromatic rings. The molecule has 0 aliphatic carbocycles. The molecule has 0 radical (unpaired) electrons. The lowest BCUT2D eigenvalue weighted by atomic mass is 9.94. The van der Waals surface area contributed by atoms with Crippen molar-refractivity contribution in [3.8, 4) is 11.5 Å². The number of hydrogen-bond acceptors (Lipinski definition) is 27. The number of hydrogen-bond donors (Lipinski definition) is 21. The highest BCUT2D eigenvalue weighted by Crippen LogP contribution is 2.25. The van der Waals surface area contributed by atoms with E-state index in [0.717, 1.165) is 6.07 Å². The van der Waals surface area contributed by atoms with Crippen LogP contribution in [0.2, 0.25) is 0 Å². The molecule has 4 rings (SSSR count). The number of thioether (sulfide) groups is 1. The van der Waals surface area contributed by atoms with E-state index in [1.165, 1.54) is 62.2 Å². The molecule has 29 N–H and O–H groups in total. The SMILES string of the molecule is CC[C@H](C)[C@@H]1NC(=O)[C@H](C)NC(=O)[C@@H]([NH3+])CCCNC(=O)[C@H](CCCC[NH3+])NC(=O)[C@H](Cc2ccc(O)cc2)NC(=O)C(=O)Nc2ccc(OC)c(c2)C(=O)NNC(=O)[C@H](Cc2ccccc2)NC(=O)[C@H](CCCC[NH3+])NC(=O)[C@@H]([NH3+])CCCNC(=O)[C@H](C(C)C)NC(=O)[C@H](CCSC)NC(=O)[C@H](CC(C)C)NC(=O)CNC(=O)[C@H]([C@@H](C)CC)NC1=O.O=C([O-])C(F)(F)F.O=C([O-])C(F)(F)F.O=C([O-])C(F)(F)F.O=C([O-])C(F)(F)F. The van der Waals surface area contributed by atoms with Gasteiger partial charge in [0.25, 0.3) is 23.6 Å². The van der Waals surface area contributed by atoms with Gasteiger partial charge >= 0.3 is 36.5 Å². The molecule has 0 aromatic heterocycles. The van der Waals surface area contributed by atoms with Gasteiger partial charge in [0.05, 0.1) is 32.3 Å². The fraction of sp³-hybridized carbons (Fsp3) is 0.582. The number of unbranched alkanes of at least 4 members (excludes halogenated alkanes) is 2. The van der Waals surface area contributed by atoms with E-state index in [4.69, 9.17) is 44.3 Å². The molecule has 0 spiro atoms. The summed E-state index contributed by atoms with van der Waals surface area (Å²) in [4.78, 5) is 260. The molecule has 2 bridgehead atoms. The van der Waals surface area contributed by atoms with Gasteiger partial charge in [-0.2, -0.15) is 64.4 Å². The Bertz CT molecular complexity index is 4830. The van der Waals surface area contributed by atoms with Crippen molar-refractivity contribution in [1.29, 1.82) is 0 Å². The topological polar surface area (TPSA) is 766 Å². The Labute approximate surface area is 858 Å². The Balaban J connectivity index is 0.00000690. The first-order valence-electron chi connectivity index (χ1n) is 46.9. The third-order valence-corrected chi connectivity index (χ3v) is 22.4. The van der Waals surface area contributed by atoms with E-state index in [0.29, 0.717) is 68.5 Å². The summed E-state index contributed by atoms with van der Waals surface area (Å²) in [7, 11) is 1.25. The number of alkyl halides is 12. The van der Waals surface area contributed by atoms with Crippen LogP contribution in [0.4, 0.5) is 58.4 Å². The first-order valence-corrected chi connectivity index (χ1v) is 48.3. The number of quaternary nitrogens is 4. The molecule has 0 fully saturated rings. The third kappa shape index (κ3) is 54.3. The number of benzene rings is 3. The lowest BCUT2D eigenvalue weighted by molar-refractivity contribution is -0.405. The third-order valence-electron chi connectivity index (χ3n) is 21.7. The number of carboxylic acids is 4. The molecule has 0 saturated carbocycles. The first kappa shape index (κ1) is 136. The molecule has 844 valence electrons. The second-order valence-corrected chi connectivity index (χ2v) is 35.7. The van der Waals surface area contributed by atoms with E-state index >= 15 is 0 Å². The molecule has 46 nitrogen and oxygen atoms in total. The minimum absolute atomic E-state index is 0.0154. The van der Waals surface area contributed by atoms with Gasteiger partial charge in [-0.1, -0.05) is 111 Å². The average Bonchev–Trinajstić information content (AvgIpc) is 0.837. The number of aliphatic carboxylic acids is 4. The van der Waals surface area contributed by atoms with Crippen molar-refractivity contribution in [1.82, 2.24) is 80.0 Å². The van der Waals surface area contributed by atoms with E-state index in [2.05, 4.69) is 108 Å². The zero-order chi connectivity index (χ0) is 115. The fourth-order valence-electron chi connectivity index (χ4n) is 12.9. The number of carbonyl (C=O) groups excluding carboxylic acids is 20. The lowest BCUT2D eigenvalue weighted by Gasteiger charge is -2.29. The zero-order valence-electron chi connectivity index (χ0n) is 84.1. The van der Waals surface area contributed by atoms with Crippen molar-refractivity contribution in [2.45, 2.75) is 262 Å². The number of ether oxygens (including phenoxy) is 1. The summed E-state index contributed by atoms with van der Waals surface area (Å²) in [5.41, 5.74) is 21.1. The fourth-order valence-corrected chi connectivity index (χ4v) is 13.4. The second kappa shape index (κ2) is 68.6. The van der Waals surface area contributed by atoms with Crippen LogP contribution in [0.5, 0.6) is 11.5 Å². The summed E-state index contributed by atoms with van der Waals surface area (Å²) in [6.07, 6.45) is -15.5. The smallest absolute Gasteiger partial charge is 0.430 e. The maximum Gasteiger partial charge on any atom is 0.430 e. The minimum Gasteiger partial charge on any atom is -0.542 e. The summed E-state index contributed by atoms with van der Waals surface area (Å²) in [5, 5.41) is 82.8. The normalized spacial score (nSPS) is 21.7. The first-order chi connectivity index (χ1) is 69.8. The number of methoxy groups -OCH3 is 1. The Hall–Kier alpha value is -14.0. The minimum atomic E-state index is -5.19. The van der Waals surface area contributed by atoms with Crippen LogP contribution in [-0.2, 0) is 104 Å². The number of rotatable bonds is 23. The maximum absolute atomic E-state index is 14.4. The molecular formula is C91H134F12N20O26S. The van der Waals surface area contributed by atoms with E-state index in [1.54, 1.807) is 71.9 Å². The van der Waals surface area contributed by atoms with E-state index in [-0.39, 0.29) is 106 Å². The summed E-state index contributed by atoms with van der Waals surface area (Å²) in [6.45, 7) is 15.9. The Morgan fingerprint density at radius 1 is 0.440 bits per heavy atom. The predicted octanol–water partition coefficient (Wildman–Crippen LogP) is -6.84. The van der Waals surface area contributed by atoms with Crippen LogP contribution >= 0.6 is 11.8 Å². The molecule has 1 aliphatic rings. The van der Waals surface area contributed by atoms with Gasteiger partial charge in [0, 0.05) is 44.5 Å². The summed E-state index contributed by atoms with van der Waals surface area (Å²) < 4.78 is 132. The number of anilines is 1. The van der Waals surface area contributed by atoms with Gasteiger partial charge in [0.15, 0.2) is 12.1 Å². The Kier molecular flexibility index (Phi) is 62.2. The number of phenolic OH excluding ortho intramolecular Hbond substituents is 1. The Morgan fingerprint density at radius 2 is 0.840 bits per heavy atom. The molecule has 1 aliphatic heterocycles. The van der Waals surface area contributed by atoms with Crippen molar-refractivity contribution in [3.63, 3.8) is 0 Å². The van der Waals surface area contributed by atoms with Crippen LogP contribution in [0, 0.1) is 23.7 Å². The summed E-state index contributed by atoms with van der Waals surface area (Å²) >= 11 is 1.41. The van der Waals surface area contributed by atoms with Gasteiger partial charge in [0.2, 0.25) is 59.1 Å². The van der Waals surface area contributed by atoms with Crippen molar-refractivity contribution < 1.29 is 202 Å². The van der Waals surface area contributed by atoms with Gasteiger partial charge < -0.3 is 147 Å². The molecule has 16 amide bonds. The number of phenols is 1. The van der Waals surface area contributed by atoms with Crippen LogP contribution in [0.15, 0.2) is 72.8 Å². The second-order valence-electron chi connectivity index (χ2n) is 34.7. The average molecular weight is 2180 g/mol. The Morgan fingerprint density at radius 3 is 1.29 bits per heavy atom. The molecule has 3 aromatic carbocycles. The maximum atomic E-state index is 14.4. The molecule has 1 heterocycles. The number of halogens is 12. The standard InChI is InChI=1S/C83H130N20O18S.4C2HF3O2/c1-12-48(7)67-80(117)90-45-65(105)93-61(41-46(3)4)76(113)96-60(35-40-122-11)75(112)99-66(47(5)6)79(116)89-39-22-26-57(87)72(109)94-59(28-18-20-37-85)74(111)97-63(42-51-23-15-14-16-24-51)78(115)103-102-70(107)55-44-53(31-34-64(55)121-10)92-82(119)83(120)98-62(43-52-29-32-54(104)33-30-52)77(114)95-58(27-17-19-36-84)73(110)88-38-21-25-56(86)71(108)91-50(9)69(106)100-68(49(8)13-2)81(118)101-67;4*3-2(4,5)1(6)7/h14-16,23-24,29-34,44,46-50,56-63,66-68,104H,12-13,17-22,25-28,35-43,45,84-87H2,1-11H3,(H,88,110)(H,89,116)(H,90,117)(H,91,108)(H,92,119)(H,93,105)(H,94,109)(H,95,114)(H,96,113)(H,97,111)(H,98,120)(H,99,112)(H,100,106)(H,101,118)(H,102,107)(H,103,115);4*(H,6,7)/t48-,49-,50-,56-,57-,58-,59-,60-,61-,62-,63-,66-,67-,68-;;;;/m0..../s1. The van der Waals surface area contributed by atoms with Gasteiger partial charge in [0.1, 0.15) is 95.8 Å². The van der Waals surface area contributed by atoms with Crippen LogP contribution in [0.1, 0.15) is 174 Å². The number of carbonyl (C=O) groups is 20. The van der Waals surface area contributed by atoms with Crippen LogP contribution in [0.3, 0.4) is 0 Å². The molecule has 0 unspecified atom stereocenters. The number of nitrogens with one attached hydrogen (secondary N) is 16. The van der Waals surface area contributed by atoms with E-state index in [1.807, 2.05) is 20.1 Å². The van der Waals surface area contributed by atoms with E-state index in [9.17, 15) is 135 Å². The number of amides is 16. The van der Waals surface area contributed by atoms with Gasteiger partial charge in [-0.25, -0.2) is 0 Å². The van der Waals surface area contributed by atoms with Crippen LogP contribution in [0.25, 0.3) is 0 Å². The number of fused-ring (bicyclic) bond motifs is 2. The molecular weight excluding hydrogens is 2050 g/mol. The van der Waals surface area contributed by atoms with Gasteiger partial charge in [-0.15, -0.1) is 0 Å². The highest BCUT2D eigenvalue weighted by atomic mass is 32.2. The summed E-state index contributed by atoms with van der Waals surface area (Å²) in [5.74, 6) is -26.4. The van der Waals surface area contributed by atoms with E-state index < -0.39 is 240 Å². The highest BCUT2D eigenvalue weighted by Gasteiger charge is 2.40. The zero-order valence-corrected chi connectivity index (χ0v) is 85.0. The van der Waals surface area contributed by atoms with Crippen LogP contribution < -0.4 is 133 Å².